The van der Waals surface area contributed by atoms with E-state index in [1.807, 2.05) is 24.3 Å². The van der Waals surface area contributed by atoms with Gasteiger partial charge in [0.2, 0.25) is 0 Å². The summed E-state index contributed by atoms with van der Waals surface area (Å²) in [4.78, 5) is 15.7. The monoisotopic (exact) mass is 425 g/mol. The van der Waals surface area contributed by atoms with Crippen LogP contribution in [-0.4, -0.2) is 46.3 Å². The van der Waals surface area contributed by atoms with Crippen LogP contribution in [0.25, 0.3) is 11.3 Å². The van der Waals surface area contributed by atoms with Gasteiger partial charge in [-0.05, 0) is 31.2 Å². The average molecular weight is 426 g/mol. The number of carbonyl (C=O) groups is 1. The molecule has 6 nitrogen and oxygen atoms in total. The molecule has 0 saturated heterocycles. The summed E-state index contributed by atoms with van der Waals surface area (Å²) in [6.45, 7) is 1.41. The van der Waals surface area contributed by atoms with Gasteiger partial charge in [0.15, 0.2) is 11.5 Å². The number of nitrogens with one attached hydrogen (secondary N) is 1. The first-order chi connectivity index (χ1) is 15.3. The highest BCUT2D eigenvalue weighted by atomic mass is 16.5. The van der Waals surface area contributed by atoms with E-state index >= 15 is 0 Å². The van der Waals surface area contributed by atoms with Crippen molar-refractivity contribution in [3.05, 3.63) is 41.6 Å². The minimum Gasteiger partial charge on any atom is -0.395 e. The van der Waals surface area contributed by atoms with Crippen LogP contribution in [0.2, 0.25) is 0 Å². The van der Waals surface area contributed by atoms with Crippen LogP contribution in [0, 0.1) is 0 Å². The van der Waals surface area contributed by atoms with E-state index in [4.69, 9.17) is 9.63 Å². The second-order valence-corrected chi connectivity index (χ2v) is 8.97. The van der Waals surface area contributed by atoms with Crippen molar-refractivity contribution in [3.63, 3.8) is 0 Å². The predicted molar refractivity (Wildman–Crippen MR) is 121 cm³/mol. The normalized spacial score (nSPS) is 18.2. The topological polar surface area (TPSA) is 78.6 Å². The molecule has 6 heteroatoms. The standard InChI is InChI=1S/C25H35N3O3/c29-16-15-26-18-19-11-13-20(14-12-19)24-17-23(27-31-24)25(30)28(21-7-3-1-4-8-21)22-9-5-2-6-10-22/h11-14,17,21-22,26,29H,1-10,15-16,18H2. The van der Waals surface area contributed by atoms with Gasteiger partial charge in [0.1, 0.15) is 0 Å². The van der Waals surface area contributed by atoms with Crippen LogP contribution in [0.15, 0.2) is 34.9 Å². The molecule has 2 aliphatic carbocycles. The summed E-state index contributed by atoms with van der Waals surface area (Å²) >= 11 is 0. The number of hydrogen-bond donors (Lipinski definition) is 2. The molecular formula is C25H35N3O3. The minimum absolute atomic E-state index is 0.0404. The predicted octanol–water partition coefficient (Wildman–Crippen LogP) is 4.53. The Kier molecular flexibility index (Phi) is 7.76. The fourth-order valence-corrected chi connectivity index (χ4v) is 5.09. The molecule has 1 aromatic carbocycles. The molecule has 0 spiro atoms. The number of amides is 1. The van der Waals surface area contributed by atoms with E-state index < -0.39 is 0 Å². The zero-order valence-electron chi connectivity index (χ0n) is 18.4. The molecule has 2 fully saturated rings. The number of aliphatic hydroxyl groups is 1. The molecule has 2 aliphatic rings. The van der Waals surface area contributed by atoms with Gasteiger partial charge in [0, 0.05) is 36.8 Å². The summed E-state index contributed by atoms with van der Waals surface area (Å²) < 4.78 is 5.59. The zero-order valence-corrected chi connectivity index (χ0v) is 18.4. The van der Waals surface area contributed by atoms with Gasteiger partial charge in [-0.15, -0.1) is 0 Å². The molecule has 0 unspecified atom stereocenters. The molecule has 1 aromatic heterocycles. The van der Waals surface area contributed by atoms with Crippen molar-refractivity contribution >= 4 is 5.91 Å². The van der Waals surface area contributed by atoms with Gasteiger partial charge >= 0.3 is 0 Å². The number of rotatable bonds is 8. The smallest absolute Gasteiger partial charge is 0.276 e. The number of hydrogen-bond acceptors (Lipinski definition) is 5. The van der Waals surface area contributed by atoms with E-state index in [1.165, 1.54) is 38.5 Å². The van der Waals surface area contributed by atoms with E-state index in [0.717, 1.165) is 36.8 Å². The van der Waals surface area contributed by atoms with Gasteiger partial charge in [-0.3, -0.25) is 4.79 Å². The first-order valence-electron chi connectivity index (χ1n) is 12.0. The van der Waals surface area contributed by atoms with E-state index in [-0.39, 0.29) is 12.5 Å². The molecule has 2 N–H and O–H groups in total. The Bertz CT molecular complexity index is 803. The number of carbonyl (C=O) groups excluding carboxylic acids is 1. The van der Waals surface area contributed by atoms with E-state index in [0.29, 0.717) is 36.6 Å². The SMILES string of the molecule is O=C(c1cc(-c2ccc(CNCCO)cc2)on1)N(C1CCCCC1)C1CCCCC1. The third-order valence-electron chi connectivity index (χ3n) is 6.76. The maximum Gasteiger partial charge on any atom is 0.276 e. The molecule has 2 aromatic rings. The van der Waals surface area contributed by atoms with Crippen LogP contribution in [0.1, 0.15) is 80.3 Å². The summed E-state index contributed by atoms with van der Waals surface area (Å²) in [6.07, 6.45) is 11.9. The number of benzene rings is 1. The summed E-state index contributed by atoms with van der Waals surface area (Å²) in [7, 11) is 0. The molecular weight excluding hydrogens is 390 g/mol. The van der Waals surface area contributed by atoms with Gasteiger partial charge in [-0.1, -0.05) is 67.9 Å². The van der Waals surface area contributed by atoms with Gasteiger partial charge < -0.3 is 19.8 Å². The lowest BCUT2D eigenvalue weighted by molar-refractivity contribution is 0.0438. The Hall–Kier alpha value is -2.18. The number of aliphatic hydroxyl groups excluding tert-OH is 1. The van der Waals surface area contributed by atoms with Crippen LogP contribution >= 0.6 is 0 Å². The largest absolute Gasteiger partial charge is 0.395 e. The van der Waals surface area contributed by atoms with Crippen molar-refractivity contribution in [2.45, 2.75) is 82.8 Å². The highest BCUT2D eigenvalue weighted by Gasteiger charge is 2.34. The molecule has 0 atom stereocenters. The fourth-order valence-electron chi connectivity index (χ4n) is 5.09. The van der Waals surface area contributed by atoms with Crippen LogP contribution < -0.4 is 5.32 Å². The van der Waals surface area contributed by atoms with Gasteiger partial charge in [0.25, 0.3) is 5.91 Å². The molecule has 1 amide bonds. The quantitative estimate of drug-likeness (QED) is 0.608. The molecule has 0 bridgehead atoms. The summed E-state index contributed by atoms with van der Waals surface area (Å²) in [6, 6.07) is 10.5. The number of nitrogens with zero attached hydrogens (tertiary/aromatic N) is 2. The average Bonchev–Trinajstić information content (AvgIpc) is 3.32. The van der Waals surface area contributed by atoms with E-state index in [9.17, 15) is 4.79 Å². The Morgan fingerprint density at radius 2 is 1.61 bits per heavy atom. The Labute approximate surface area is 185 Å². The molecule has 4 rings (SSSR count). The van der Waals surface area contributed by atoms with E-state index in [1.54, 1.807) is 6.07 Å². The van der Waals surface area contributed by atoms with Crippen molar-refractivity contribution in [1.82, 2.24) is 15.4 Å². The molecule has 168 valence electrons. The molecule has 0 aliphatic heterocycles. The third-order valence-corrected chi connectivity index (χ3v) is 6.76. The minimum atomic E-state index is 0.0404. The second-order valence-electron chi connectivity index (χ2n) is 8.97. The number of aromatic nitrogens is 1. The van der Waals surface area contributed by atoms with Crippen LogP contribution in [0.5, 0.6) is 0 Å². The summed E-state index contributed by atoms with van der Waals surface area (Å²) in [5.41, 5.74) is 2.48. The van der Waals surface area contributed by atoms with Crippen molar-refractivity contribution in [3.8, 4) is 11.3 Å². The Morgan fingerprint density at radius 3 is 2.19 bits per heavy atom. The van der Waals surface area contributed by atoms with Gasteiger partial charge in [-0.25, -0.2) is 0 Å². The molecule has 31 heavy (non-hydrogen) atoms. The first-order valence-corrected chi connectivity index (χ1v) is 12.0. The third kappa shape index (κ3) is 5.55. The van der Waals surface area contributed by atoms with E-state index in [2.05, 4.69) is 15.4 Å². The fraction of sp³-hybridized carbons (Fsp3) is 0.600. The van der Waals surface area contributed by atoms with Crippen molar-refractivity contribution in [1.29, 1.82) is 0 Å². The summed E-state index contributed by atoms with van der Waals surface area (Å²) in [5, 5.41) is 16.2. The maximum atomic E-state index is 13.6. The lowest BCUT2D eigenvalue weighted by atomic mass is 9.88. The Balaban J connectivity index is 1.48. The van der Waals surface area contributed by atoms with Crippen LogP contribution in [-0.2, 0) is 6.54 Å². The zero-order chi connectivity index (χ0) is 21.5. The highest BCUT2D eigenvalue weighted by molar-refractivity contribution is 5.93. The highest BCUT2D eigenvalue weighted by Crippen LogP contribution is 2.32. The van der Waals surface area contributed by atoms with Crippen molar-refractivity contribution in [2.24, 2.45) is 0 Å². The lowest BCUT2D eigenvalue weighted by Crippen LogP contribution is -2.48. The van der Waals surface area contributed by atoms with Crippen LogP contribution in [0.4, 0.5) is 0 Å². The first kappa shape index (κ1) is 22.0. The summed E-state index contributed by atoms with van der Waals surface area (Å²) in [5.74, 6) is 0.670. The maximum absolute atomic E-state index is 13.6. The van der Waals surface area contributed by atoms with Gasteiger partial charge in [-0.2, -0.15) is 0 Å². The van der Waals surface area contributed by atoms with Crippen molar-refractivity contribution < 1.29 is 14.4 Å². The Morgan fingerprint density at radius 1 is 1.00 bits per heavy atom. The molecule has 2 saturated carbocycles. The molecule has 1 heterocycles. The van der Waals surface area contributed by atoms with Crippen LogP contribution in [0.3, 0.4) is 0 Å². The second kappa shape index (κ2) is 10.9. The van der Waals surface area contributed by atoms with Gasteiger partial charge in [0.05, 0.1) is 6.61 Å². The molecule has 0 radical (unpaired) electrons. The van der Waals surface area contributed by atoms with Crippen molar-refractivity contribution in [2.75, 3.05) is 13.2 Å². The lowest BCUT2D eigenvalue weighted by Gasteiger charge is -2.41.